The Labute approximate surface area is 88.2 Å². The quantitative estimate of drug-likeness (QED) is 0.747. The van der Waals surface area contributed by atoms with E-state index in [0.29, 0.717) is 12.2 Å². The molecule has 0 bridgehead atoms. The monoisotopic (exact) mass is 207 g/mol. The van der Waals surface area contributed by atoms with Crippen molar-refractivity contribution in [3.8, 4) is 0 Å². The Hall–Kier alpha value is -1.97. The van der Waals surface area contributed by atoms with Crippen LogP contribution in [0.1, 0.15) is 12.5 Å². The van der Waals surface area contributed by atoms with Crippen LogP contribution >= 0.6 is 0 Å². The van der Waals surface area contributed by atoms with Gasteiger partial charge in [-0.05, 0) is 6.92 Å². The van der Waals surface area contributed by atoms with Gasteiger partial charge in [0, 0.05) is 11.8 Å². The highest BCUT2D eigenvalue weighted by Gasteiger charge is 1.99. The average molecular weight is 207 g/mol. The number of hydrogen-bond acceptors (Lipinski definition) is 3. The molecule has 0 aliphatic carbocycles. The summed E-state index contributed by atoms with van der Waals surface area (Å²) >= 11 is 0. The molecule has 0 aliphatic rings. The van der Waals surface area contributed by atoms with Crippen LogP contribution in [0.3, 0.4) is 0 Å². The van der Waals surface area contributed by atoms with Gasteiger partial charge in [-0.3, -0.25) is 5.32 Å². The van der Waals surface area contributed by atoms with Crippen LogP contribution in [-0.2, 0) is 4.74 Å². The van der Waals surface area contributed by atoms with Gasteiger partial charge in [0.2, 0.25) is 0 Å². The Bertz CT molecular complexity index is 346. The second kappa shape index (κ2) is 5.70. The number of nitrogens with one attached hydrogen (secondary N) is 1. The number of aliphatic hydroxyl groups excluding tert-OH is 1. The molecular formula is C11H13NO3. The smallest absolute Gasteiger partial charge is 0.411 e. The zero-order chi connectivity index (χ0) is 11.1. The van der Waals surface area contributed by atoms with Crippen LogP contribution in [-0.4, -0.2) is 17.8 Å². The first-order valence-corrected chi connectivity index (χ1v) is 4.62. The topological polar surface area (TPSA) is 58.6 Å². The van der Waals surface area contributed by atoms with E-state index in [2.05, 4.69) is 10.1 Å². The molecule has 1 aromatic rings. The molecule has 4 heteroatoms. The van der Waals surface area contributed by atoms with Gasteiger partial charge in [-0.1, -0.05) is 30.3 Å². The number of benzene rings is 1. The molecule has 0 radical (unpaired) electrons. The van der Waals surface area contributed by atoms with Crippen molar-refractivity contribution in [2.45, 2.75) is 6.92 Å². The highest BCUT2D eigenvalue weighted by atomic mass is 16.5. The highest BCUT2D eigenvalue weighted by Crippen LogP contribution is 2.08. The third-order valence-corrected chi connectivity index (χ3v) is 1.67. The fraction of sp³-hybridized carbons (Fsp3) is 0.182. The molecule has 1 amide bonds. The van der Waals surface area contributed by atoms with Crippen LogP contribution in [0.4, 0.5) is 4.79 Å². The zero-order valence-corrected chi connectivity index (χ0v) is 8.43. The predicted octanol–water partition coefficient (Wildman–Crippen LogP) is 2.29. The van der Waals surface area contributed by atoms with Crippen molar-refractivity contribution in [2.75, 3.05) is 6.61 Å². The lowest BCUT2D eigenvalue weighted by atomic mass is 10.2. The molecule has 2 N–H and O–H groups in total. The van der Waals surface area contributed by atoms with E-state index in [1.807, 2.05) is 6.07 Å². The van der Waals surface area contributed by atoms with E-state index in [0.717, 1.165) is 0 Å². The van der Waals surface area contributed by atoms with Crippen LogP contribution < -0.4 is 5.32 Å². The largest absolute Gasteiger partial charge is 0.506 e. The maximum atomic E-state index is 10.9. The van der Waals surface area contributed by atoms with Crippen molar-refractivity contribution >= 4 is 11.9 Å². The molecule has 0 saturated carbocycles. The van der Waals surface area contributed by atoms with Crippen LogP contribution in [0, 0.1) is 0 Å². The number of alkyl carbamates (subject to hydrolysis) is 1. The van der Waals surface area contributed by atoms with Crippen molar-refractivity contribution in [3.05, 3.63) is 42.1 Å². The van der Waals surface area contributed by atoms with Crippen molar-refractivity contribution in [3.63, 3.8) is 0 Å². The van der Waals surface area contributed by atoms with Gasteiger partial charge in [0.05, 0.1) is 6.61 Å². The standard InChI is InChI=1S/C11H13NO3/c1-2-15-11(14)12-8-10(13)9-6-4-3-5-7-9/h3-8,13H,2H2,1H3,(H,12,14). The summed E-state index contributed by atoms with van der Waals surface area (Å²) in [7, 11) is 0. The lowest BCUT2D eigenvalue weighted by Gasteiger charge is -2.02. The van der Waals surface area contributed by atoms with Gasteiger partial charge in [-0.15, -0.1) is 0 Å². The number of hydrogen-bond donors (Lipinski definition) is 2. The second-order valence-corrected chi connectivity index (χ2v) is 2.76. The van der Waals surface area contributed by atoms with Crippen LogP contribution in [0.5, 0.6) is 0 Å². The average Bonchev–Trinajstić information content (AvgIpc) is 2.27. The summed E-state index contributed by atoms with van der Waals surface area (Å²) in [4.78, 5) is 10.9. The Morgan fingerprint density at radius 3 is 2.73 bits per heavy atom. The first-order valence-electron chi connectivity index (χ1n) is 4.62. The molecule has 0 aromatic heterocycles. The molecule has 0 unspecified atom stereocenters. The van der Waals surface area contributed by atoms with E-state index in [-0.39, 0.29) is 5.76 Å². The molecule has 4 nitrogen and oxygen atoms in total. The molecule has 80 valence electrons. The Kier molecular flexibility index (Phi) is 4.22. The number of aliphatic hydroxyl groups is 1. The van der Waals surface area contributed by atoms with Gasteiger partial charge in [-0.2, -0.15) is 0 Å². The molecule has 0 heterocycles. The van der Waals surface area contributed by atoms with Gasteiger partial charge >= 0.3 is 6.09 Å². The van der Waals surface area contributed by atoms with E-state index in [9.17, 15) is 9.90 Å². The first-order chi connectivity index (χ1) is 7.24. The van der Waals surface area contributed by atoms with E-state index in [1.54, 1.807) is 31.2 Å². The molecular weight excluding hydrogens is 194 g/mol. The van der Waals surface area contributed by atoms with Gasteiger partial charge in [0.25, 0.3) is 0 Å². The van der Waals surface area contributed by atoms with Crippen molar-refractivity contribution in [1.82, 2.24) is 5.32 Å². The molecule has 0 atom stereocenters. The van der Waals surface area contributed by atoms with Crippen LogP contribution in [0.2, 0.25) is 0 Å². The number of carbonyl (C=O) groups excluding carboxylic acids is 1. The molecule has 1 rings (SSSR count). The lowest BCUT2D eigenvalue weighted by Crippen LogP contribution is -2.18. The SMILES string of the molecule is CCOC(=O)NC=C(O)c1ccccc1. The van der Waals surface area contributed by atoms with E-state index < -0.39 is 6.09 Å². The summed E-state index contributed by atoms with van der Waals surface area (Å²) in [5.74, 6) is -0.0105. The van der Waals surface area contributed by atoms with Crippen molar-refractivity contribution in [1.29, 1.82) is 0 Å². The maximum absolute atomic E-state index is 10.9. The fourth-order valence-electron chi connectivity index (χ4n) is 0.992. The molecule has 0 aliphatic heterocycles. The third-order valence-electron chi connectivity index (χ3n) is 1.67. The lowest BCUT2D eigenvalue weighted by molar-refractivity contribution is 0.156. The highest BCUT2D eigenvalue weighted by molar-refractivity contribution is 5.71. The van der Waals surface area contributed by atoms with E-state index in [1.165, 1.54) is 6.20 Å². The Morgan fingerprint density at radius 1 is 1.47 bits per heavy atom. The van der Waals surface area contributed by atoms with Gasteiger partial charge < -0.3 is 9.84 Å². The number of rotatable bonds is 3. The van der Waals surface area contributed by atoms with Gasteiger partial charge in [-0.25, -0.2) is 4.79 Å². The molecule has 15 heavy (non-hydrogen) atoms. The molecule has 0 spiro atoms. The fourth-order valence-corrected chi connectivity index (χ4v) is 0.992. The Morgan fingerprint density at radius 2 is 2.13 bits per heavy atom. The summed E-state index contributed by atoms with van der Waals surface area (Å²) in [5, 5.41) is 11.8. The summed E-state index contributed by atoms with van der Waals surface area (Å²) in [6, 6.07) is 8.90. The van der Waals surface area contributed by atoms with Crippen molar-refractivity contribution in [2.24, 2.45) is 0 Å². The minimum Gasteiger partial charge on any atom is -0.506 e. The van der Waals surface area contributed by atoms with Crippen LogP contribution in [0.25, 0.3) is 5.76 Å². The minimum absolute atomic E-state index is 0.0105. The molecule has 0 saturated heterocycles. The predicted molar refractivity (Wildman–Crippen MR) is 57.2 cm³/mol. The van der Waals surface area contributed by atoms with Crippen molar-refractivity contribution < 1.29 is 14.6 Å². The summed E-state index contributed by atoms with van der Waals surface area (Å²) in [5.41, 5.74) is 0.634. The zero-order valence-electron chi connectivity index (χ0n) is 8.43. The Balaban J connectivity index is 2.57. The third kappa shape index (κ3) is 3.72. The number of carbonyl (C=O) groups is 1. The van der Waals surface area contributed by atoms with Crippen LogP contribution in [0.15, 0.2) is 36.5 Å². The minimum atomic E-state index is -0.583. The summed E-state index contributed by atoms with van der Waals surface area (Å²) in [6.07, 6.45) is 0.618. The summed E-state index contributed by atoms with van der Waals surface area (Å²) in [6.45, 7) is 2.01. The maximum Gasteiger partial charge on any atom is 0.411 e. The van der Waals surface area contributed by atoms with E-state index >= 15 is 0 Å². The number of amides is 1. The normalized spacial score (nSPS) is 10.9. The number of ether oxygens (including phenoxy) is 1. The first kappa shape index (κ1) is 11.1. The molecule has 0 fully saturated rings. The van der Waals surface area contributed by atoms with Gasteiger partial charge in [0.15, 0.2) is 0 Å². The second-order valence-electron chi connectivity index (χ2n) is 2.76. The van der Waals surface area contributed by atoms with E-state index in [4.69, 9.17) is 0 Å². The van der Waals surface area contributed by atoms with Gasteiger partial charge in [0.1, 0.15) is 5.76 Å². The molecule has 1 aromatic carbocycles. The summed E-state index contributed by atoms with van der Waals surface area (Å²) < 4.78 is 4.62.